The fraction of sp³-hybridized carbons (Fsp3) is 0.333. The van der Waals surface area contributed by atoms with Crippen molar-refractivity contribution in [2.75, 3.05) is 37.7 Å². The maximum Gasteiger partial charge on any atom is 0.310 e. The standard InChI is InChI=1S/C21H21N5O3/c27-20(19-22-13-18(29-19)15-4-2-1-3-5-15)26-7-6-16-12-23-21(24-17(16)14-26)25-8-10-28-11-9-25/h1-5,12-13H,6-11,14H2. The Bertz CT molecular complexity index is 1010. The van der Waals surface area contributed by atoms with E-state index in [1.165, 1.54) is 0 Å². The molecule has 8 heteroatoms. The second kappa shape index (κ2) is 7.63. The highest BCUT2D eigenvalue weighted by atomic mass is 16.5. The van der Waals surface area contributed by atoms with Gasteiger partial charge in [0.15, 0.2) is 5.76 Å². The minimum Gasteiger partial charge on any atom is -0.432 e. The van der Waals surface area contributed by atoms with E-state index >= 15 is 0 Å². The van der Waals surface area contributed by atoms with E-state index in [4.69, 9.17) is 14.1 Å². The Morgan fingerprint density at radius 2 is 1.83 bits per heavy atom. The van der Waals surface area contributed by atoms with Crippen LogP contribution >= 0.6 is 0 Å². The molecule has 148 valence electrons. The average molecular weight is 391 g/mol. The summed E-state index contributed by atoms with van der Waals surface area (Å²) in [5.74, 6) is 1.17. The van der Waals surface area contributed by atoms with Crippen LogP contribution in [0.25, 0.3) is 11.3 Å². The molecule has 1 saturated heterocycles. The highest BCUT2D eigenvalue weighted by Gasteiger charge is 2.27. The second-order valence-electron chi connectivity index (χ2n) is 7.11. The van der Waals surface area contributed by atoms with Crippen molar-refractivity contribution >= 4 is 11.9 Å². The van der Waals surface area contributed by atoms with Crippen LogP contribution in [0, 0.1) is 0 Å². The zero-order valence-corrected chi connectivity index (χ0v) is 16.0. The molecule has 2 aromatic heterocycles. The van der Waals surface area contributed by atoms with Gasteiger partial charge in [0.05, 0.1) is 31.6 Å². The fourth-order valence-corrected chi connectivity index (χ4v) is 3.63. The molecule has 5 rings (SSSR count). The Hall–Kier alpha value is -3.26. The summed E-state index contributed by atoms with van der Waals surface area (Å²) in [6, 6.07) is 9.63. The Balaban J connectivity index is 1.33. The van der Waals surface area contributed by atoms with Gasteiger partial charge in [0.1, 0.15) is 0 Å². The number of carbonyl (C=O) groups is 1. The summed E-state index contributed by atoms with van der Waals surface area (Å²) in [5, 5.41) is 0. The molecule has 1 fully saturated rings. The summed E-state index contributed by atoms with van der Waals surface area (Å²) >= 11 is 0. The second-order valence-corrected chi connectivity index (χ2v) is 7.11. The molecule has 0 atom stereocenters. The predicted octanol–water partition coefficient (Wildman–Crippen LogP) is 2.17. The van der Waals surface area contributed by atoms with E-state index in [-0.39, 0.29) is 11.8 Å². The van der Waals surface area contributed by atoms with Gasteiger partial charge in [0.25, 0.3) is 5.89 Å². The molecule has 0 unspecified atom stereocenters. The van der Waals surface area contributed by atoms with Crippen molar-refractivity contribution in [3.05, 3.63) is 59.9 Å². The number of aromatic nitrogens is 3. The molecule has 0 aliphatic carbocycles. The van der Waals surface area contributed by atoms with Crippen molar-refractivity contribution in [2.45, 2.75) is 13.0 Å². The molecule has 0 radical (unpaired) electrons. The first-order valence-electron chi connectivity index (χ1n) is 9.76. The molecule has 0 saturated carbocycles. The van der Waals surface area contributed by atoms with Gasteiger partial charge in [-0.1, -0.05) is 30.3 Å². The first-order valence-corrected chi connectivity index (χ1v) is 9.76. The lowest BCUT2D eigenvalue weighted by Crippen LogP contribution is -2.39. The Morgan fingerprint density at radius 3 is 2.66 bits per heavy atom. The number of carbonyl (C=O) groups excluding carboxylic acids is 1. The molecular weight excluding hydrogens is 370 g/mol. The van der Waals surface area contributed by atoms with Crippen LogP contribution in [-0.2, 0) is 17.7 Å². The number of benzene rings is 1. The van der Waals surface area contributed by atoms with E-state index in [9.17, 15) is 4.79 Å². The van der Waals surface area contributed by atoms with Gasteiger partial charge >= 0.3 is 5.91 Å². The van der Waals surface area contributed by atoms with Gasteiger partial charge in [-0.2, -0.15) is 0 Å². The molecule has 29 heavy (non-hydrogen) atoms. The normalized spacial score (nSPS) is 16.6. The van der Waals surface area contributed by atoms with Crippen LogP contribution in [0.4, 0.5) is 5.95 Å². The Morgan fingerprint density at radius 1 is 1.00 bits per heavy atom. The van der Waals surface area contributed by atoms with Crippen molar-refractivity contribution in [2.24, 2.45) is 0 Å². The maximum absolute atomic E-state index is 12.9. The quantitative estimate of drug-likeness (QED) is 0.676. The molecule has 2 aliphatic heterocycles. The number of fused-ring (bicyclic) bond motifs is 1. The lowest BCUT2D eigenvalue weighted by molar-refractivity contribution is 0.0692. The first kappa shape index (κ1) is 17.8. The number of anilines is 1. The number of rotatable bonds is 3. The monoisotopic (exact) mass is 391 g/mol. The minimum absolute atomic E-state index is 0.106. The van der Waals surface area contributed by atoms with Crippen LogP contribution in [0.2, 0.25) is 0 Å². The topological polar surface area (TPSA) is 84.6 Å². The first-order chi connectivity index (χ1) is 14.3. The molecule has 8 nitrogen and oxygen atoms in total. The van der Waals surface area contributed by atoms with Gasteiger partial charge in [0.2, 0.25) is 5.95 Å². The zero-order valence-electron chi connectivity index (χ0n) is 16.0. The summed E-state index contributed by atoms with van der Waals surface area (Å²) in [4.78, 5) is 30.2. The third-order valence-corrected chi connectivity index (χ3v) is 5.26. The number of hydrogen-bond donors (Lipinski definition) is 0. The van der Waals surface area contributed by atoms with E-state index in [1.807, 2.05) is 36.5 Å². The SMILES string of the molecule is O=C(c1ncc(-c2ccccc2)o1)N1CCc2cnc(N3CCOCC3)nc2C1. The van der Waals surface area contributed by atoms with E-state index < -0.39 is 0 Å². The van der Waals surface area contributed by atoms with Gasteiger partial charge in [-0.3, -0.25) is 4.79 Å². The number of amides is 1. The van der Waals surface area contributed by atoms with Gasteiger partial charge in [-0.15, -0.1) is 0 Å². The van der Waals surface area contributed by atoms with Crippen LogP contribution in [0.15, 0.2) is 47.1 Å². The van der Waals surface area contributed by atoms with Crippen LogP contribution in [0.5, 0.6) is 0 Å². The maximum atomic E-state index is 12.9. The summed E-state index contributed by atoms with van der Waals surface area (Å²) in [7, 11) is 0. The van der Waals surface area contributed by atoms with Crippen molar-refractivity contribution in [3.63, 3.8) is 0 Å². The van der Waals surface area contributed by atoms with E-state index in [0.717, 1.165) is 36.3 Å². The molecule has 1 amide bonds. The summed E-state index contributed by atoms with van der Waals surface area (Å²) in [6.07, 6.45) is 4.20. The van der Waals surface area contributed by atoms with Gasteiger partial charge in [0, 0.05) is 31.4 Å². The smallest absolute Gasteiger partial charge is 0.310 e. The average Bonchev–Trinajstić information content (AvgIpc) is 3.29. The third kappa shape index (κ3) is 3.58. The third-order valence-electron chi connectivity index (χ3n) is 5.26. The minimum atomic E-state index is -0.218. The molecular formula is C21H21N5O3. The number of ether oxygens (including phenoxy) is 1. The van der Waals surface area contributed by atoms with Crippen LogP contribution in [-0.4, -0.2) is 58.6 Å². The van der Waals surface area contributed by atoms with Gasteiger partial charge in [-0.05, 0) is 12.0 Å². The van der Waals surface area contributed by atoms with Gasteiger partial charge < -0.3 is 19.0 Å². The number of hydrogen-bond acceptors (Lipinski definition) is 7. The highest BCUT2D eigenvalue weighted by Crippen LogP contribution is 2.24. The molecule has 0 N–H and O–H groups in total. The van der Waals surface area contributed by atoms with Crippen LogP contribution in [0.1, 0.15) is 21.9 Å². The Labute approximate surface area is 168 Å². The summed E-state index contributed by atoms with van der Waals surface area (Å²) in [5.41, 5.74) is 2.87. The highest BCUT2D eigenvalue weighted by molar-refractivity contribution is 5.90. The summed E-state index contributed by atoms with van der Waals surface area (Å²) < 4.78 is 11.1. The molecule has 0 bridgehead atoms. The molecule has 1 aromatic carbocycles. The number of morpholine rings is 1. The molecule has 3 aromatic rings. The molecule has 4 heterocycles. The van der Waals surface area contributed by atoms with Crippen molar-refractivity contribution < 1.29 is 13.9 Å². The van der Waals surface area contributed by atoms with E-state index in [0.29, 0.717) is 38.0 Å². The predicted molar refractivity (Wildman–Crippen MR) is 105 cm³/mol. The fourth-order valence-electron chi connectivity index (χ4n) is 3.63. The van der Waals surface area contributed by atoms with Crippen molar-refractivity contribution in [1.82, 2.24) is 19.9 Å². The van der Waals surface area contributed by atoms with Crippen molar-refractivity contribution in [3.8, 4) is 11.3 Å². The van der Waals surface area contributed by atoms with Crippen LogP contribution < -0.4 is 4.90 Å². The number of nitrogens with zero attached hydrogens (tertiary/aromatic N) is 5. The van der Waals surface area contributed by atoms with Crippen molar-refractivity contribution in [1.29, 1.82) is 0 Å². The van der Waals surface area contributed by atoms with Gasteiger partial charge in [-0.25, -0.2) is 15.0 Å². The van der Waals surface area contributed by atoms with Crippen LogP contribution in [0.3, 0.4) is 0 Å². The lowest BCUT2D eigenvalue weighted by atomic mass is 10.1. The van der Waals surface area contributed by atoms with E-state index in [1.54, 1.807) is 11.1 Å². The largest absolute Gasteiger partial charge is 0.432 e. The molecule has 2 aliphatic rings. The summed E-state index contributed by atoms with van der Waals surface area (Å²) in [6.45, 7) is 3.93. The molecule has 0 spiro atoms. The zero-order chi connectivity index (χ0) is 19.6. The number of oxazole rings is 1. The van der Waals surface area contributed by atoms with E-state index in [2.05, 4.69) is 14.9 Å². The lowest BCUT2D eigenvalue weighted by Gasteiger charge is -2.30. The Kier molecular flexibility index (Phi) is 4.69.